The predicted molar refractivity (Wildman–Crippen MR) is 79.4 cm³/mol. The number of aromatic nitrogens is 6. The number of fused-ring (bicyclic) bond motifs is 1. The van der Waals surface area contributed by atoms with E-state index in [-0.39, 0.29) is 0 Å². The van der Waals surface area contributed by atoms with Crippen molar-refractivity contribution < 1.29 is 0 Å². The number of hydrazine groups is 1. The van der Waals surface area contributed by atoms with Crippen LogP contribution in [0, 0.1) is 0 Å². The molecule has 0 spiro atoms. The SMILES string of the molecule is CCCc1nccn1Cc1nc(NN)c2cnn(C)c2n1. The fraction of sp³-hybridized carbons (Fsp3) is 0.385. The van der Waals surface area contributed by atoms with Gasteiger partial charge in [0.25, 0.3) is 0 Å². The summed E-state index contributed by atoms with van der Waals surface area (Å²) in [6.07, 6.45) is 7.43. The first kappa shape index (κ1) is 13.5. The molecule has 0 aromatic carbocycles. The quantitative estimate of drug-likeness (QED) is 0.533. The Balaban J connectivity index is 2.00. The van der Waals surface area contributed by atoms with E-state index in [2.05, 4.69) is 37.0 Å². The second-order valence-electron chi connectivity index (χ2n) is 4.86. The minimum atomic E-state index is 0.561. The van der Waals surface area contributed by atoms with Crippen LogP contribution in [0.15, 0.2) is 18.6 Å². The van der Waals surface area contributed by atoms with E-state index in [1.807, 2.05) is 13.2 Å². The summed E-state index contributed by atoms with van der Waals surface area (Å²) in [5.41, 5.74) is 3.37. The van der Waals surface area contributed by atoms with Crippen molar-refractivity contribution in [3.63, 3.8) is 0 Å². The smallest absolute Gasteiger partial charge is 0.163 e. The number of nitrogens with zero attached hydrogens (tertiary/aromatic N) is 6. The Morgan fingerprint density at radius 3 is 2.95 bits per heavy atom. The van der Waals surface area contributed by atoms with Crippen molar-refractivity contribution in [3.05, 3.63) is 30.2 Å². The first-order chi connectivity index (χ1) is 10.2. The average Bonchev–Trinajstić information content (AvgIpc) is 3.07. The number of nitrogen functional groups attached to an aromatic ring is 1. The van der Waals surface area contributed by atoms with Gasteiger partial charge in [-0.15, -0.1) is 0 Å². The van der Waals surface area contributed by atoms with Gasteiger partial charge >= 0.3 is 0 Å². The van der Waals surface area contributed by atoms with Gasteiger partial charge in [-0.05, 0) is 6.42 Å². The lowest BCUT2D eigenvalue weighted by atomic mass is 10.3. The maximum atomic E-state index is 5.55. The van der Waals surface area contributed by atoms with Crippen molar-refractivity contribution in [1.29, 1.82) is 0 Å². The molecule has 3 heterocycles. The van der Waals surface area contributed by atoms with Gasteiger partial charge in [0.15, 0.2) is 17.3 Å². The third-order valence-electron chi connectivity index (χ3n) is 3.36. The van der Waals surface area contributed by atoms with Gasteiger partial charge in [0.2, 0.25) is 0 Å². The summed E-state index contributed by atoms with van der Waals surface area (Å²) in [6, 6.07) is 0. The second-order valence-corrected chi connectivity index (χ2v) is 4.86. The molecule has 0 aliphatic rings. The Kier molecular flexibility index (Phi) is 3.53. The standard InChI is InChI=1S/C13H18N8/c1-3-4-11-15-5-6-21(11)8-10-17-12(19-14)9-7-16-20(2)13(9)18-10/h5-7H,3-4,8,14H2,1-2H3,(H,17,18,19). The van der Waals surface area contributed by atoms with Crippen molar-refractivity contribution in [3.8, 4) is 0 Å². The van der Waals surface area contributed by atoms with Gasteiger partial charge < -0.3 is 9.99 Å². The van der Waals surface area contributed by atoms with E-state index >= 15 is 0 Å². The van der Waals surface area contributed by atoms with Crippen LogP contribution in [-0.2, 0) is 20.0 Å². The number of anilines is 1. The first-order valence-corrected chi connectivity index (χ1v) is 6.88. The van der Waals surface area contributed by atoms with Gasteiger partial charge in [-0.2, -0.15) is 5.10 Å². The van der Waals surface area contributed by atoms with E-state index in [0.29, 0.717) is 18.2 Å². The molecule has 0 saturated carbocycles. The van der Waals surface area contributed by atoms with Crippen molar-refractivity contribution in [1.82, 2.24) is 29.3 Å². The van der Waals surface area contributed by atoms with E-state index in [4.69, 9.17) is 5.84 Å². The largest absolute Gasteiger partial charge is 0.327 e. The zero-order chi connectivity index (χ0) is 14.8. The van der Waals surface area contributed by atoms with Crippen molar-refractivity contribution in [2.45, 2.75) is 26.3 Å². The minimum Gasteiger partial charge on any atom is -0.327 e. The van der Waals surface area contributed by atoms with Crippen LogP contribution in [-0.4, -0.2) is 29.3 Å². The first-order valence-electron chi connectivity index (χ1n) is 6.88. The van der Waals surface area contributed by atoms with Gasteiger partial charge in [-0.3, -0.25) is 4.68 Å². The van der Waals surface area contributed by atoms with Crippen LogP contribution in [0.5, 0.6) is 0 Å². The Morgan fingerprint density at radius 1 is 1.33 bits per heavy atom. The van der Waals surface area contributed by atoms with Crippen molar-refractivity contribution in [2.75, 3.05) is 5.43 Å². The lowest BCUT2D eigenvalue weighted by Crippen LogP contribution is -2.13. The molecule has 8 nitrogen and oxygen atoms in total. The molecule has 0 unspecified atom stereocenters. The highest BCUT2D eigenvalue weighted by Gasteiger charge is 2.12. The minimum absolute atomic E-state index is 0.561. The van der Waals surface area contributed by atoms with Crippen molar-refractivity contribution in [2.24, 2.45) is 12.9 Å². The van der Waals surface area contributed by atoms with Crippen LogP contribution < -0.4 is 11.3 Å². The summed E-state index contributed by atoms with van der Waals surface area (Å²) in [5.74, 6) is 7.84. The Morgan fingerprint density at radius 2 is 2.19 bits per heavy atom. The summed E-state index contributed by atoms with van der Waals surface area (Å²) in [5, 5.41) is 5.00. The van der Waals surface area contributed by atoms with Gasteiger partial charge in [0.05, 0.1) is 18.1 Å². The number of nitrogens with two attached hydrogens (primary N) is 1. The average molecular weight is 286 g/mol. The molecular formula is C13H18N8. The molecule has 3 rings (SSSR count). The number of hydrogen-bond acceptors (Lipinski definition) is 6. The molecule has 3 aromatic heterocycles. The van der Waals surface area contributed by atoms with Gasteiger partial charge in [-0.1, -0.05) is 6.92 Å². The van der Waals surface area contributed by atoms with E-state index in [1.165, 1.54) is 0 Å². The van der Waals surface area contributed by atoms with E-state index in [1.54, 1.807) is 17.1 Å². The predicted octanol–water partition coefficient (Wildman–Crippen LogP) is 0.846. The van der Waals surface area contributed by atoms with Crippen LogP contribution >= 0.6 is 0 Å². The molecule has 0 fully saturated rings. The molecule has 110 valence electrons. The lowest BCUT2D eigenvalue weighted by Gasteiger charge is -2.08. The van der Waals surface area contributed by atoms with Gasteiger partial charge in [-0.25, -0.2) is 20.8 Å². The topological polar surface area (TPSA) is 99.5 Å². The molecule has 0 aliphatic heterocycles. The van der Waals surface area contributed by atoms with Crippen LogP contribution in [0.1, 0.15) is 25.0 Å². The van der Waals surface area contributed by atoms with E-state index < -0.39 is 0 Å². The molecular weight excluding hydrogens is 268 g/mol. The molecule has 0 amide bonds. The number of hydrogen-bond donors (Lipinski definition) is 2. The molecule has 0 bridgehead atoms. The lowest BCUT2D eigenvalue weighted by molar-refractivity contribution is 0.677. The third-order valence-corrected chi connectivity index (χ3v) is 3.36. The number of imidazole rings is 1. The van der Waals surface area contributed by atoms with E-state index in [0.717, 1.165) is 29.7 Å². The maximum absolute atomic E-state index is 5.55. The van der Waals surface area contributed by atoms with Gasteiger partial charge in [0, 0.05) is 25.9 Å². The highest BCUT2D eigenvalue weighted by Crippen LogP contribution is 2.19. The van der Waals surface area contributed by atoms with Crippen molar-refractivity contribution >= 4 is 16.9 Å². The molecule has 21 heavy (non-hydrogen) atoms. The number of rotatable bonds is 5. The summed E-state index contributed by atoms with van der Waals surface area (Å²) < 4.78 is 3.77. The summed E-state index contributed by atoms with van der Waals surface area (Å²) in [7, 11) is 1.85. The van der Waals surface area contributed by atoms with Crippen LogP contribution in [0.3, 0.4) is 0 Å². The molecule has 0 atom stereocenters. The Bertz CT molecular complexity index is 757. The highest BCUT2D eigenvalue weighted by atomic mass is 15.3. The fourth-order valence-electron chi connectivity index (χ4n) is 2.34. The van der Waals surface area contributed by atoms with Crippen LogP contribution in [0.2, 0.25) is 0 Å². The van der Waals surface area contributed by atoms with Crippen LogP contribution in [0.25, 0.3) is 11.0 Å². The summed E-state index contributed by atoms with van der Waals surface area (Å²) in [6.45, 7) is 2.69. The summed E-state index contributed by atoms with van der Waals surface area (Å²) >= 11 is 0. The number of nitrogens with one attached hydrogen (secondary N) is 1. The second kappa shape index (κ2) is 5.49. The monoisotopic (exact) mass is 286 g/mol. The maximum Gasteiger partial charge on any atom is 0.163 e. The van der Waals surface area contributed by atoms with E-state index in [9.17, 15) is 0 Å². The highest BCUT2D eigenvalue weighted by molar-refractivity contribution is 5.86. The zero-order valence-electron chi connectivity index (χ0n) is 12.1. The molecule has 0 radical (unpaired) electrons. The molecule has 0 saturated heterocycles. The Hall–Kier alpha value is -2.48. The summed E-state index contributed by atoms with van der Waals surface area (Å²) in [4.78, 5) is 13.4. The molecule has 0 aliphatic carbocycles. The fourth-order valence-corrected chi connectivity index (χ4v) is 2.34. The Labute approximate surface area is 122 Å². The van der Waals surface area contributed by atoms with Crippen LogP contribution in [0.4, 0.5) is 5.82 Å². The number of aryl methyl sites for hydroxylation is 2. The van der Waals surface area contributed by atoms with Gasteiger partial charge in [0.1, 0.15) is 5.82 Å². The molecule has 8 heteroatoms. The third kappa shape index (κ3) is 2.45. The zero-order valence-corrected chi connectivity index (χ0v) is 12.1. The molecule has 3 N–H and O–H groups in total. The normalized spacial score (nSPS) is 11.2. The molecule has 3 aromatic rings.